The molecule has 4 nitrogen and oxygen atoms in total. The molecule has 0 fully saturated rings. The third-order valence-corrected chi connectivity index (χ3v) is 4.86. The van der Waals surface area contributed by atoms with E-state index in [2.05, 4.69) is 23.7 Å². The number of aromatic amines is 1. The number of benzene rings is 1. The first-order chi connectivity index (χ1) is 12.8. The monoisotopic (exact) mass is 377 g/mol. The van der Waals surface area contributed by atoms with Crippen molar-refractivity contribution in [3.8, 4) is 0 Å². The van der Waals surface area contributed by atoms with Gasteiger partial charge < -0.3 is 9.88 Å². The predicted molar refractivity (Wildman–Crippen MR) is 101 cm³/mol. The maximum atomic E-state index is 13.3. The van der Waals surface area contributed by atoms with Gasteiger partial charge in [0.2, 0.25) is 0 Å². The van der Waals surface area contributed by atoms with Gasteiger partial charge in [-0.1, -0.05) is 12.1 Å². The molecule has 27 heavy (non-hydrogen) atoms. The number of anilines is 1. The lowest BCUT2D eigenvalue weighted by Crippen LogP contribution is -2.25. The first-order valence-electron chi connectivity index (χ1n) is 9.09. The SMILES string of the molecule is CCN(CC)c1ccc(/C=C2\CCCc3c2nc(=O)[nH]c3C(F)(F)F)cc1. The van der Waals surface area contributed by atoms with Crippen LogP contribution in [0.1, 0.15) is 49.2 Å². The van der Waals surface area contributed by atoms with Crippen molar-refractivity contribution in [1.29, 1.82) is 0 Å². The highest BCUT2D eigenvalue weighted by molar-refractivity contribution is 5.82. The zero-order valence-corrected chi connectivity index (χ0v) is 15.4. The summed E-state index contributed by atoms with van der Waals surface area (Å²) in [5.41, 5.74) is 0.961. The van der Waals surface area contributed by atoms with E-state index in [1.54, 1.807) is 0 Å². The number of hydrogen-bond acceptors (Lipinski definition) is 3. The molecule has 0 saturated heterocycles. The Hall–Kier alpha value is -2.57. The van der Waals surface area contributed by atoms with Gasteiger partial charge in [-0.15, -0.1) is 0 Å². The van der Waals surface area contributed by atoms with E-state index < -0.39 is 17.6 Å². The molecule has 0 atom stereocenters. The van der Waals surface area contributed by atoms with Crippen LogP contribution >= 0.6 is 0 Å². The largest absolute Gasteiger partial charge is 0.431 e. The lowest BCUT2D eigenvalue weighted by molar-refractivity contribution is -0.142. The van der Waals surface area contributed by atoms with Gasteiger partial charge in [-0.2, -0.15) is 18.2 Å². The van der Waals surface area contributed by atoms with E-state index in [1.807, 2.05) is 35.3 Å². The highest BCUT2D eigenvalue weighted by atomic mass is 19.4. The number of alkyl halides is 3. The van der Waals surface area contributed by atoms with Crippen molar-refractivity contribution in [3.05, 3.63) is 57.3 Å². The number of nitrogens with one attached hydrogen (secondary N) is 1. The second-order valence-corrected chi connectivity index (χ2v) is 6.53. The number of halogens is 3. The van der Waals surface area contributed by atoms with Gasteiger partial charge in [-0.25, -0.2) is 4.79 Å². The van der Waals surface area contributed by atoms with Crippen molar-refractivity contribution >= 4 is 17.3 Å². The van der Waals surface area contributed by atoms with E-state index in [-0.39, 0.29) is 17.7 Å². The van der Waals surface area contributed by atoms with Gasteiger partial charge in [-0.3, -0.25) is 0 Å². The highest BCUT2D eigenvalue weighted by Gasteiger charge is 2.37. The minimum atomic E-state index is -4.60. The van der Waals surface area contributed by atoms with Crippen LogP contribution in [0.3, 0.4) is 0 Å². The van der Waals surface area contributed by atoms with Crippen molar-refractivity contribution in [2.75, 3.05) is 18.0 Å². The minimum absolute atomic E-state index is 0.0827. The Morgan fingerprint density at radius 3 is 2.41 bits per heavy atom. The number of allylic oxidation sites excluding steroid dienone is 1. The number of nitrogens with zero attached hydrogens (tertiary/aromatic N) is 2. The zero-order valence-electron chi connectivity index (χ0n) is 15.4. The molecule has 3 rings (SSSR count). The maximum absolute atomic E-state index is 13.3. The number of fused-ring (bicyclic) bond motifs is 1. The fourth-order valence-corrected chi connectivity index (χ4v) is 3.53. The fraction of sp³-hybridized carbons (Fsp3) is 0.400. The van der Waals surface area contributed by atoms with Crippen LogP contribution in [0.4, 0.5) is 18.9 Å². The number of rotatable bonds is 4. The molecule has 1 aromatic heterocycles. The van der Waals surface area contributed by atoms with Crippen LogP contribution in [0.2, 0.25) is 0 Å². The second-order valence-electron chi connectivity index (χ2n) is 6.53. The summed E-state index contributed by atoms with van der Waals surface area (Å²) in [5.74, 6) is 0. The number of aromatic nitrogens is 2. The quantitative estimate of drug-likeness (QED) is 0.853. The van der Waals surface area contributed by atoms with Gasteiger partial charge in [0, 0.05) is 24.3 Å². The zero-order chi connectivity index (χ0) is 19.6. The van der Waals surface area contributed by atoms with Gasteiger partial charge in [0.25, 0.3) is 0 Å². The molecule has 0 radical (unpaired) electrons. The Morgan fingerprint density at radius 1 is 1.15 bits per heavy atom. The Bertz CT molecular complexity index is 894. The van der Waals surface area contributed by atoms with Crippen LogP contribution in [0.25, 0.3) is 11.6 Å². The van der Waals surface area contributed by atoms with Crippen molar-refractivity contribution in [1.82, 2.24) is 9.97 Å². The molecule has 1 aromatic carbocycles. The summed E-state index contributed by atoms with van der Waals surface area (Å²) in [6.07, 6.45) is -1.32. The topological polar surface area (TPSA) is 49.0 Å². The van der Waals surface area contributed by atoms with E-state index in [4.69, 9.17) is 0 Å². The molecule has 0 bridgehead atoms. The normalized spacial score (nSPS) is 15.7. The molecular weight excluding hydrogens is 355 g/mol. The van der Waals surface area contributed by atoms with E-state index in [9.17, 15) is 18.0 Å². The van der Waals surface area contributed by atoms with Crippen molar-refractivity contribution in [2.45, 2.75) is 39.3 Å². The van der Waals surface area contributed by atoms with E-state index in [1.165, 1.54) is 0 Å². The standard InChI is InChI=1S/C20H22F3N3O/c1-3-26(4-2)15-10-8-13(9-11-15)12-14-6-5-7-16-17(14)24-19(27)25-18(16)20(21,22)23/h8-12H,3-7H2,1-2H3,(H,24,25,27)/b14-12+. The minimum Gasteiger partial charge on any atom is -0.372 e. The smallest absolute Gasteiger partial charge is 0.372 e. The molecule has 1 aliphatic rings. The molecule has 1 aliphatic carbocycles. The van der Waals surface area contributed by atoms with Crippen LogP contribution in [0.15, 0.2) is 29.1 Å². The van der Waals surface area contributed by atoms with Crippen molar-refractivity contribution < 1.29 is 13.2 Å². The Labute approximate surface area is 155 Å². The average molecular weight is 377 g/mol. The third kappa shape index (κ3) is 4.07. The van der Waals surface area contributed by atoms with Gasteiger partial charge in [0.15, 0.2) is 0 Å². The summed E-state index contributed by atoms with van der Waals surface area (Å²) >= 11 is 0. The molecular formula is C20H22F3N3O. The summed E-state index contributed by atoms with van der Waals surface area (Å²) in [6.45, 7) is 5.97. The molecule has 2 aromatic rings. The molecule has 0 saturated carbocycles. The highest BCUT2D eigenvalue weighted by Crippen LogP contribution is 2.37. The summed E-state index contributed by atoms with van der Waals surface area (Å²) in [5, 5.41) is 0. The van der Waals surface area contributed by atoms with Crippen LogP contribution in [-0.4, -0.2) is 23.1 Å². The molecule has 0 amide bonds. The lowest BCUT2D eigenvalue weighted by Gasteiger charge is -2.22. The van der Waals surface area contributed by atoms with E-state index >= 15 is 0 Å². The van der Waals surface area contributed by atoms with E-state index in [0.717, 1.165) is 24.3 Å². The van der Waals surface area contributed by atoms with Crippen molar-refractivity contribution in [3.63, 3.8) is 0 Å². The third-order valence-electron chi connectivity index (χ3n) is 4.86. The van der Waals surface area contributed by atoms with Gasteiger partial charge in [0.1, 0.15) is 5.69 Å². The van der Waals surface area contributed by atoms with Crippen LogP contribution in [-0.2, 0) is 12.6 Å². The number of H-pyrrole nitrogens is 1. The molecule has 0 spiro atoms. The Kier molecular flexibility index (Phi) is 5.39. The summed E-state index contributed by atoms with van der Waals surface area (Å²) in [6, 6.07) is 7.87. The maximum Gasteiger partial charge on any atom is 0.431 e. The average Bonchev–Trinajstić information content (AvgIpc) is 2.63. The molecule has 0 aliphatic heterocycles. The lowest BCUT2D eigenvalue weighted by atomic mass is 9.89. The Morgan fingerprint density at radius 2 is 1.81 bits per heavy atom. The van der Waals surface area contributed by atoms with Crippen LogP contribution in [0.5, 0.6) is 0 Å². The molecule has 1 heterocycles. The fourth-order valence-electron chi connectivity index (χ4n) is 3.53. The molecule has 0 unspecified atom stereocenters. The number of hydrogen-bond donors (Lipinski definition) is 1. The summed E-state index contributed by atoms with van der Waals surface area (Å²) < 4.78 is 39.8. The Balaban J connectivity index is 2.01. The molecule has 1 N–H and O–H groups in total. The summed E-state index contributed by atoms with van der Waals surface area (Å²) in [7, 11) is 0. The van der Waals surface area contributed by atoms with Crippen molar-refractivity contribution in [2.24, 2.45) is 0 Å². The predicted octanol–water partition coefficient (Wildman–Crippen LogP) is 4.51. The van der Waals surface area contributed by atoms with Crippen LogP contribution < -0.4 is 10.6 Å². The van der Waals surface area contributed by atoms with Gasteiger partial charge >= 0.3 is 11.9 Å². The first-order valence-corrected chi connectivity index (χ1v) is 9.09. The second kappa shape index (κ2) is 7.58. The molecule has 144 valence electrons. The summed E-state index contributed by atoms with van der Waals surface area (Å²) in [4.78, 5) is 19.6. The van der Waals surface area contributed by atoms with Gasteiger partial charge in [0.05, 0.1) is 5.69 Å². The van der Waals surface area contributed by atoms with Gasteiger partial charge in [-0.05, 0) is 62.5 Å². The van der Waals surface area contributed by atoms with E-state index in [0.29, 0.717) is 18.4 Å². The van der Waals surface area contributed by atoms with Crippen LogP contribution in [0, 0.1) is 0 Å². The first kappa shape index (κ1) is 19.2. The molecule has 7 heteroatoms.